The number of aromatic nitrogens is 2. The number of carbonyl (C=O) groups is 1. The molecule has 2 aromatic carbocycles. The second-order valence-electron chi connectivity index (χ2n) is 6.54. The molecular formula is C20H22N4O2. The van der Waals surface area contributed by atoms with Crippen LogP contribution in [0.5, 0.6) is 5.75 Å². The van der Waals surface area contributed by atoms with Gasteiger partial charge in [0.25, 0.3) is 5.91 Å². The first-order valence-electron chi connectivity index (χ1n) is 8.75. The molecule has 134 valence electrons. The van der Waals surface area contributed by atoms with Crippen molar-refractivity contribution >= 4 is 22.6 Å². The lowest BCUT2D eigenvalue weighted by Crippen LogP contribution is -2.48. The molecule has 1 saturated heterocycles. The minimum Gasteiger partial charge on any atom is -0.497 e. The molecule has 0 N–H and O–H groups in total. The van der Waals surface area contributed by atoms with Gasteiger partial charge in [-0.1, -0.05) is 0 Å². The smallest absolute Gasteiger partial charge is 0.254 e. The summed E-state index contributed by atoms with van der Waals surface area (Å²) < 4.78 is 7.16. The van der Waals surface area contributed by atoms with E-state index in [-0.39, 0.29) is 5.91 Å². The Morgan fingerprint density at radius 2 is 1.77 bits per heavy atom. The van der Waals surface area contributed by atoms with Gasteiger partial charge >= 0.3 is 0 Å². The Kier molecular flexibility index (Phi) is 4.24. The maximum atomic E-state index is 12.8. The topological polar surface area (TPSA) is 50.6 Å². The molecule has 3 aromatic rings. The quantitative estimate of drug-likeness (QED) is 0.728. The highest BCUT2D eigenvalue weighted by Crippen LogP contribution is 2.21. The normalized spacial score (nSPS) is 14.7. The van der Waals surface area contributed by atoms with Gasteiger partial charge in [0.2, 0.25) is 0 Å². The number of hydrogen-bond acceptors (Lipinski definition) is 4. The van der Waals surface area contributed by atoms with E-state index in [9.17, 15) is 4.79 Å². The van der Waals surface area contributed by atoms with E-state index in [4.69, 9.17) is 4.74 Å². The number of fused-ring (bicyclic) bond motifs is 1. The number of imidazole rings is 1. The van der Waals surface area contributed by atoms with Crippen LogP contribution in [0.3, 0.4) is 0 Å². The van der Waals surface area contributed by atoms with E-state index in [1.165, 1.54) is 0 Å². The molecule has 6 nitrogen and oxygen atoms in total. The number of rotatable bonds is 3. The standard InChI is InChI=1S/C20H22N4O2/c1-22-14-21-18-13-15(3-8-19(18)22)20(25)24-11-9-23(10-12-24)16-4-6-17(26-2)7-5-16/h3-8,13-14H,9-12H2,1-2H3. The summed E-state index contributed by atoms with van der Waals surface area (Å²) in [6.45, 7) is 3.07. The molecule has 0 saturated carbocycles. The van der Waals surface area contributed by atoms with E-state index in [0.29, 0.717) is 18.7 Å². The van der Waals surface area contributed by atoms with Gasteiger partial charge in [-0.3, -0.25) is 4.79 Å². The summed E-state index contributed by atoms with van der Waals surface area (Å²) in [5.41, 5.74) is 3.75. The average molecular weight is 350 g/mol. The van der Waals surface area contributed by atoms with Crippen LogP contribution in [0.4, 0.5) is 5.69 Å². The third-order valence-corrected chi connectivity index (χ3v) is 4.98. The molecule has 4 rings (SSSR count). The van der Waals surface area contributed by atoms with Crippen molar-refractivity contribution in [3.05, 3.63) is 54.4 Å². The maximum absolute atomic E-state index is 12.8. The first-order chi connectivity index (χ1) is 12.7. The van der Waals surface area contributed by atoms with Gasteiger partial charge < -0.3 is 19.1 Å². The maximum Gasteiger partial charge on any atom is 0.254 e. The van der Waals surface area contributed by atoms with Crippen molar-refractivity contribution in [2.75, 3.05) is 38.2 Å². The number of ether oxygens (including phenoxy) is 1. The fourth-order valence-corrected chi connectivity index (χ4v) is 3.41. The Morgan fingerprint density at radius 1 is 1.04 bits per heavy atom. The molecule has 1 fully saturated rings. The number of aryl methyl sites for hydroxylation is 1. The van der Waals surface area contributed by atoms with Gasteiger partial charge in [-0.2, -0.15) is 0 Å². The van der Waals surface area contributed by atoms with Crippen LogP contribution in [0.2, 0.25) is 0 Å². The molecule has 1 aliphatic rings. The lowest BCUT2D eigenvalue weighted by atomic mass is 10.1. The average Bonchev–Trinajstić information content (AvgIpc) is 3.08. The number of carbonyl (C=O) groups excluding carboxylic acids is 1. The van der Waals surface area contributed by atoms with Gasteiger partial charge in [0.05, 0.1) is 24.5 Å². The zero-order valence-electron chi connectivity index (χ0n) is 15.1. The largest absolute Gasteiger partial charge is 0.497 e. The molecule has 6 heteroatoms. The second kappa shape index (κ2) is 6.71. The van der Waals surface area contributed by atoms with Crippen LogP contribution >= 0.6 is 0 Å². The second-order valence-corrected chi connectivity index (χ2v) is 6.54. The zero-order chi connectivity index (χ0) is 18.1. The Hall–Kier alpha value is -3.02. The van der Waals surface area contributed by atoms with Crippen molar-refractivity contribution in [3.8, 4) is 5.75 Å². The lowest BCUT2D eigenvalue weighted by molar-refractivity contribution is 0.0747. The van der Waals surface area contributed by atoms with Crippen molar-refractivity contribution < 1.29 is 9.53 Å². The first-order valence-corrected chi connectivity index (χ1v) is 8.75. The Balaban J connectivity index is 1.43. The number of benzene rings is 2. The summed E-state index contributed by atoms with van der Waals surface area (Å²) in [5.74, 6) is 0.930. The molecule has 0 bridgehead atoms. The van der Waals surface area contributed by atoms with Crippen LogP contribution in [0.15, 0.2) is 48.8 Å². The van der Waals surface area contributed by atoms with Gasteiger partial charge in [-0.05, 0) is 42.5 Å². The van der Waals surface area contributed by atoms with Crippen LogP contribution < -0.4 is 9.64 Å². The molecule has 0 atom stereocenters. The van der Waals surface area contributed by atoms with E-state index >= 15 is 0 Å². The van der Waals surface area contributed by atoms with Gasteiger partial charge in [0.15, 0.2) is 0 Å². The highest BCUT2D eigenvalue weighted by Gasteiger charge is 2.22. The highest BCUT2D eigenvalue weighted by atomic mass is 16.5. The van der Waals surface area contributed by atoms with Crippen molar-refractivity contribution in [1.82, 2.24) is 14.5 Å². The van der Waals surface area contributed by atoms with E-state index in [1.54, 1.807) is 13.4 Å². The summed E-state index contributed by atoms with van der Waals surface area (Å²) in [6.07, 6.45) is 1.77. The first kappa shape index (κ1) is 16.4. The summed E-state index contributed by atoms with van der Waals surface area (Å²) in [7, 11) is 3.62. The molecule has 1 amide bonds. The van der Waals surface area contributed by atoms with Crippen LogP contribution in [0.1, 0.15) is 10.4 Å². The van der Waals surface area contributed by atoms with Crippen LogP contribution in [-0.2, 0) is 7.05 Å². The molecule has 0 radical (unpaired) electrons. The predicted molar refractivity (Wildman–Crippen MR) is 102 cm³/mol. The molecule has 0 unspecified atom stereocenters. The number of piperazine rings is 1. The van der Waals surface area contributed by atoms with Crippen molar-refractivity contribution in [2.45, 2.75) is 0 Å². The number of nitrogens with zero attached hydrogens (tertiary/aromatic N) is 4. The van der Waals surface area contributed by atoms with E-state index in [1.807, 2.05) is 46.8 Å². The van der Waals surface area contributed by atoms with Crippen molar-refractivity contribution in [1.29, 1.82) is 0 Å². The van der Waals surface area contributed by atoms with E-state index < -0.39 is 0 Å². The van der Waals surface area contributed by atoms with Gasteiger partial charge in [0.1, 0.15) is 5.75 Å². The van der Waals surface area contributed by atoms with Crippen molar-refractivity contribution in [2.24, 2.45) is 7.05 Å². The van der Waals surface area contributed by atoms with Gasteiger partial charge in [0, 0.05) is 44.5 Å². The molecule has 0 aliphatic carbocycles. The Morgan fingerprint density at radius 3 is 2.46 bits per heavy atom. The molecule has 1 aliphatic heterocycles. The summed E-state index contributed by atoms with van der Waals surface area (Å²) in [5, 5.41) is 0. The highest BCUT2D eigenvalue weighted by molar-refractivity contribution is 5.97. The fourth-order valence-electron chi connectivity index (χ4n) is 3.41. The third-order valence-electron chi connectivity index (χ3n) is 4.98. The Bertz CT molecular complexity index is 925. The summed E-state index contributed by atoms with van der Waals surface area (Å²) >= 11 is 0. The number of amides is 1. The SMILES string of the molecule is COc1ccc(N2CCN(C(=O)c3ccc4c(c3)ncn4C)CC2)cc1. The zero-order valence-corrected chi connectivity index (χ0v) is 15.1. The number of anilines is 1. The van der Waals surface area contributed by atoms with Gasteiger partial charge in [-0.15, -0.1) is 0 Å². The number of hydrogen-bond donors (Lipinski definition) is 0. The van der Waals surface area contributed by atoms with Crippen molar-refractivity contribution in [3.63, 3.8) is 0 Å². The van der Waals surface area contributed by atoms with Crippen LogP contribution in [0, 0.1) is 0 Å². The fraction of sp³-hybridized carbons (Fsp3) is 0.300. The minimum absolute atomic E-state index is 0.0759. The molecule has 26 heavy (non-hydrogen) atoms. The molecular weight excluding hydrogens is 328 g/mol. The third kappa shape index (κ3) is 2.98. The molecule has 0 spiro atoms. The lowest BCUT2D eigenvalue weighted by Gasteiger charge is -2.36. The summed E-state index contributed by atoms with van der Waals surface area (Å²) in [6, 6.07) is 13.8. The Labute approximate surface area is 152 Å². The van der Waals surface area contributed by atoms with E-state index in [2.05, 4.69) is 22.0 Å². The molecule has 2 heterocycles. The monoisotopic (exact) mass is 350 g/mol. The van der Waals surface area contributed by atoms with Gasteiger partial charge in [-0.25, -0.2) is 4.98 Å². The van der Waals surface area contributed by atoms with Crippen LogP contribution in [0.25, 0.3) is 11.0 Å². The van der Waals surface area contributed by atoms with E-state index in [0.717, 1.165) is 35.6 Å². The summed E-state index contributed by atoms with van der Waals surface area (Å²) in [4.78, 5) is 21.4. The predicted octanol–water partition coefficient (Wildman–Crippen LogP) is 2.54. The minimum atomic E-state index is 0.0759. The van der Waals surface area contributed by atoms with Crippen LogP contribution in [-0.4, -0.2) is 53.6 Å². The number of methoxy groups -OCH3 is 1. The molecule has 1 aromatic heterocycles.